The molecule has 0 atom stereocenters. The highest BCUT2D eigenvalue weighted by Gasteiger charge is 2.19. The van der Waals surface area contributed by atoms with Crippen LogP contribution in [0.4, 0.5) is 0 Å². The van der Waals surface area contributed by atoms with Crippen molar-refractivity contribution in [3.63, 3.8) is 0 Å². The van der Waals surface area contributed by atoms with Crippen molar-refractivity contribution in [3.05, 3.63) is 57.5 Å². The Morgan fingerprint density at radius 2 is 2.00 bits per heavy atom. The lowest BCUT2D eigenvalue weighted by molar-refractivity contribution is -0.118. The molecular formula is C16H15BrClNO4S. The van der Waals surface area contributed by atoms with E-state index in [9.17, 15) is 13.2 Å². The van der Waals surface area contributed by atoms with Gasteiger partial charge in [-0.15, -0.1) is 0 Å². The molecule has 0 aromatic heterocycles. The van der Waals surface area contributed by atoms with Gasteiger partial charge >= 0.3 is 0 Å². The van der Waals surface area contributed by atoms with Gasteiger partial charge in [-0.1, -0.05) is 23.7 Å². The second-order valence-corrected chi connectivity index (χ2v) is 7.83. The van der Waals surface area contributed by atoms with E-state index >= 15 is 0 Å². The average Bonchev–Trinajstić information content (AvgIpc) is 2.48. The number of carbonyl (C=O) groups excluding carboxylic acids is 1. The van der Waals surface area contributed by atoms with E-state index in [1.165, 1.54) is 18.2 Å². The highest BCUT2D eigenvalue weighted by molar-refractivity contribution is 9.10. The fraction of sp³-hybridized carbons (Fsp3) is 0.188. The van der Waals surface area contributed by atoms with Crippen LogP contribution in [0.3, 0.4) is 0 Å². The quantitative estimate of drug-likeness (QED) is 0.758. The van der Waals surface area contributed by atoms with E-state index in [4.69, 9.17) is 16.3 Å². The normalized spacial score (nSPS) is 11.1. The third-order valence-electron chi connectivity index (χ3n) is 3.02. The van der Waals surface area contributed by atoms with Gasteiger partial charge in [-0.3, -0.25) is 4.79 Å². The Kier molecular flexibility index (Phi) is 6.26. The Bertz CT molecular complexity index is 855. The smallest absolute Gasteiger partial charge is 0.264 e. The maximum Gasteiger partial charge on any atom is 0.264 e. The Labute approximate surface area is 154 Å². The summed E-state index contributed by atoms with van der Waals surface area (Å²) in [5, 5.41) is 0.485. The van der Waals surface area contributed by atoms with Crippen LogP contribution in [0.5, 0.6) is 5.75 Å². The van der Waals surface area contributed by atoms with Crippen LogP contribution >= 0.6 is 27.5 Å². The van der Waals surface area contributed by atoms with Crippen molar-refractivity contribution in [2.75, 3.05) is 6.61 Å². The minimum Gasteiger partial charge on any atom is -0.493 e. The van der Waals surface area contributed by atoms with E-state index in [1.807, 2.05) is 11.6 Å². The Hall–Kier alpha value is -1.57. The van der Waals surface area contributed by atoms with Crippen molar-refractivity contribution in [2.24, 2.45) is 0 Å². The molecule has 0 saturated heterocycles. The number of sulfonamides is 1. The molecule has 0 radical (unpaired) electrons. The van der Waals surface area contributed by atoms with Crippen molar-refractivity contribution in [1.29, 1.82) is 0 Å². The number of halogens is 2. The number of carbonyl (C=O) groups is 1. The molecule has 128 valence electrons. The van der Waals surface area contributed by atoms with Crippen molar-refractivity contribution >= 4 is 43.5 Å². The monoisotopic (exact) mass is 431 g/mol. The first-order valence-corrected chi connectivity index (χ1v) is 9.69. The van der Waals surface area contributed by atoms with Crippen molar-refractivity contribution in [3.8, 4) is 5.75 Å². The topological polar surface area (TPSA) is 72.5 Å². The summed E-state index contributed by atoms with van der Waals surface area (Å²) < 4.78 is 32.5. The van der Waals surface area contributed by atoms with E-state index in [2.05, 4.69) is 15.9 Å². The minimum atomic E-state index is -3.96. The predicted octanol–water partition coefficient (Wildman–Crippen LogP) is 3.55. The van der Waals surface area contributed by atoms with Gasteiger partial charge in [-0.05, 0) is 58.7 Å². The summed E-state index contributed by atoms with van der Waals surface area (Å²) in [7, 11) is -3.96. The number of amides is 1. The highest BCUT2D eigenvalue weighted by Crippen LogP contribution is 2.27. The summed E-state index contributed by atoms with van der Waals surface area (Å²) >= 11 is 9.10. The molecule has 0 aliphatic carbocycles. The maximum absolute atomic E-state index is 12.3. The van der Waals surface area contributed by atoms with Crippen LogP contribution in [0.1, 0.15) is 12.5 Å². The lowest BCUT2D eigenvalue weighted by Crippen LogP contribution is -2.31. The fourth-order valence-electron chi connectivity index (χ4n) is 2.00. The van der Waals surface area contributed by atoms with Gasteiger partial charge < -0.3 is 4.74 Å². The second kappa shape index (κ2) is 8.00. The number of ether oxygens (including phenoxy) is 1. The molecule has 0 unspecified atom stereocenters. The van der Waals surface area contributed by atoms with Crippen LogP contribution in [0.25, 0.3) is 0 Å². The molecule has 0 saturated carbocycles. The van der Waals surface area contributed by atoms with Gasteiger partial charge in [0, 0.05) is 5.02 Å². The zero-order valence-electron chi connectivity index (χ0n) is 12.8. The Morgan fingerprint density at radius 3 is 2.62 bits per heavy atom. The van der Waals surface area contributed by atoms with Gasteiger partial charge in [0.2, 0.25) is 5.91 Å². The molecule has 0 heterocycles. The van der Waals surface area contributed by atoms with E-state index in [0.29, 0.717) is 27.4 Å². The van der Waals surface area contributed by atoms with Gasteiger partial charge in [0.25, 0.3) is 10.0 Å². The molecule has 24 heavy (non-hydrogen) atoms. The summed E-state index contributed by atoms with van der Waals surface area (Å²) in [4.78, 5) is 12.0. The minimum absolute atomic E-state index is 0.0303. The van der Waals surface area contributed by atoms with Crippen LogP contribution < -0.4 is 9.46 Å². The number of nitrogens with one attached hydrogen (secondary N) is 1. The predicted molar refractivity (Wildman–Crippen MR) is 95.8 cm³/mol. The molecule has 1 N–H and O–H groups in total. The van der Waals surface area contributed by atoms with Gasteiger partial charge in [0.1, 0.15) is 5.75 Å². The van der Waals surface area contributed by atoms with Crippen LogP contribution in [-0.4, -0.2) is 20.9 Å². The van der Waals surface area contributed by atoms with E-state index in [0.717, 1.165) is 0 Å². The molecule has 5 nitrogen and oxygen atoms in total. The summed E-state index contributed by atoms with van der Waals surface area (Å²) in [6, 6.07) is 11.0. The molecule has 0 spiro atoms. The van der Waals surface area contributed by atoms with Gasteiger partial charge in [0.15, 0.2) is 0 Å². The lowest BCUT2D eigenvalue weighted by atomic mass is 10.1. The molecule has 2 rings (SSSR count). The van der Waals surface area contributed by atoms with Crippen molar-refractivity contribution in [2.45, 2.75) is 18.2 Å². The van der Waals surface area contributed by atoms with Crippen LogP contribution in [-0.2, 0) is 21.2 Å². The highest BCUT2D eigenvalue weighted by atomic mass is 79.9. The largest absolute Gasteiger partial charge is 0.493 e. The molecule has 1 amide bonds. The van der Waals surface area contributed by atoms with Gasteiger partial charge in [0.05, 0.1) is 22.4 Å². The Balaban J connectivity index is 2.13. The Morgan fingerprint density at radius 1 is 1.25 bits per heavy atom. The number of hydrogen-bond donors (Lipinski definition) is 1. The van der Waals surface area contributed by atoms with Crippen LogP contribution in [0.2, 0.25) is 5.02 Å². The van der Waals surface area contributed by atoms with Crippen LogP contribution in [0, 0.1) is 0 Å². The van der Waals surface area contributed by atoms with E-state index in [-0.39, 0.29) is 11.3 Å². The number of hydrogen-bond acceptors (Lipinski definition) is 4. The fourth-order valence-corrected chi connectivity index (χ4v) is 3.87. The molecule has 0 fully saturated rings. The molecule has 0 bridgehead atoms. The van der Waals surface area contributed by atoms with E-state index < -0.39 is 15.9 Å². The molecule has 8 heteroatoms. The zero-order valence-corrected chi connectivity index (χ0v) is 15.9. The first kappa shape index (κ1) is 18.8. The first-order valence-electron chi connectivity index (χ1n) is 7.04. The molecule has 0 aliphatic rings. The summed E-state index contributed by atoms with van der Waals surface area (Å²) in [6.45, 7) is 2.29. The lowest BCUT2D eigenvalue weighted by Gasteiger charge is -2.10. The summed E-state index contributed by atoms with van der Waals surface area (Å²) in [5.41, 5.74) is 0.628. The third-order valence-corrected chi connectivity index (χ3v) is 5.24. The molecule has 2 aromatic rings. The zero-order chi connectivity index (χ0) is 17.7. The SMILES string of the molecule is CCOc1ccc(S(=O)(=O)NC(=O)Cc2cccc(Cl)c2)cc1Br. The second-order valence-electron chi connectivity index (χ2n) is 4.86. The average molecular weight is 433 g/mol. The molecular weight excluding hydrogens is 418 g/mol. The summed E-state index contributed by atoms with van der Waals surface area (Å²) in [5.74, 6) is -0.107. The van der Waals surface area contributed by atoms with E-state index in [1.54, 1.807) is 24.3 Å². The maximum atomic E-state index is 12.3. The first-order chi connectivity index (χ1) is 11.3. The van der Waals surface area contributed by atoms with Gasteiger partial charge in [-0.2, -0.15) is 0 Å². The van der Waals surface area contributed by atoms with Gasteiger partial charge in [-0.25, -0.2) is 13.1 Å². The molecule has 2 aromatic carbocycles. The number of rotatable bonds is 6. The standard InChI is InChI=1S/C16H15BrClNO4S/c1-2-23-15-7-6-13(10-14(15)17)24(21,22)19-16(20)9-11-4-3-5-12(18)8-11/h3-8,10H,2,9H2,1H3,(H,19,20). The molecule has 0 aliphatic heterocycles. The summed E-state index contributed by atoms with van der Waals surface area (Å²) in [6.07, 6.45) is -0.0853. The van der Waals surface area contributed by atoms with Crippen molar-refractivity contribution in [1.82, 2.24) is 4.72 Å². The van der Waals surface area contributed by atoms with Crippen molar-refractivity contribution < 1.29 is 17.9 Å². The third kappa shape index (κ3) is 4.96. The van der Waals surface area contributed by atoms with Crippen LogP contribution in [0.15, 0.2) is 51.8 Å². The number of benzene rings is 2.